The summed E-state index contributed by atoms with van der Waals surface area (Å²) in [5.41, 5.74) is 0. The van der Waals surface area contributed by atoms with Crippen LogP contribution in [0, 0.1) is 0 Å². The Balaban J connectivity index is 1.72. The van der Waals surface area contributed by atoms with E-state index >= 15 is 0 Å². The largest absolute Gasteiger partial charge is 0.347 e. The molecule has 0 atom stereocenters. The fourth-order valence-electron chi connectivity index (χ4n) is 2.57. The maximum atomic E-state index is 11.9. The smallest absolute Gasteiger partial charge is 0.222 e. The molecule has 0 radical (unpaired) electrons. The van der Waals surface area contributed by atoms with Crippen LogP contribution in [0.2, 0.25) is 0 Å². The number of carbonyl (C=O) groups is 1. The van der Waals surface area contributed by atoms with Crippen molar-refractivity contribution < 1.29 is 14.3 Å². The van der Waals surface area contributed by atoms with Crippen molar-refractivity contribution in [1.82, 2.24) is 4.90 Å². The monoisotopic (exact) mass is 241 g/mol. The Kier molecular flexibility index (Phi) is 4.40. The van der Waals surface area contributed by atoms with Gasteiger partial charge in [0.25, 0.3) is 0 Å². The third kappa shape index (κ3) is 3.19. The number of piperidine rings is 1. The quantitative estimate of drug-likeness (QED) is 0.706. The Morgan fingerprint density at radius 1 is 1.18 bits per heavy atom. The first kappa shape index (κ1) is 12.8. The minimum absolute atomic E-state index is 0.297. The molecule has 2 heterocycles. The van der Waals surface area contributed by atoms with Gasteiger partial charge in [-0.05, 0) is 6.42 Å². The van der Waals surface area contributed by atoms with Crippen molar-refractivity contribution >= 4 is 5.91 Å². The Bertz CT molecular complexity index is 251. The molecular weight excluding hydrogens is 218 g/mol. The lowest BCUT2D eigenvalue weighted by molar-refractivity contribution is -0.187. The zero-order valence-electron chi connectivity index (χ0n) is 10.7. The standard InChI is InChI=1S/C13H23NO3/c1-2-3-4-5-12(15)14-8-6-13(7-9-14)16-10-11-17-13/h2-11H2,1H3. The van der Waals surface area contributed by atoms with Crippen LogP contribution in [-0.2, 0) is 14.3 Å². The Morgan fingerprint density at radius 2 is 1.82 bits per heavy atom. The molecule has 2 aliphatic heterocycles. The molecule has 0 aromatic rings. The van der Waals surface area contributed by atoms with E-state index in [1.165, 1.54) is 0 Å². The molecule has 0 unspecified atom stereocenters. The second kappa shape index (κ2) is 5.83. The Hall–Kier alpha value is -0.610. The van der Waals surface area contributed by atoms with Gasteiger partial charge in [0, 0.05) is 32.4 Å². The highest BCUT2D eigenvalue weighted by Gasteiger charge is 2.40. The normalized spacial score (nSPS) is 23.2. The van der Waals surface area contributed by atoms with Crippen molar-refractivity contribution in [2.24, 2.45) is 0 Å². The average molecular weight is 241 g/mol. The van der Waals surface area contributed by atoms with Gasteiger partial charge in [0.15, 0.2) is 5.79 Å². The SMILES string of the molecule is CCCCCC(=O)N1CCC2(CC1)OCCO2. The summed E-state index contributed by atoms with van der Waals surface area (Å²) >= 11 is 0. The molecule has 2 fully saturated rings. The van der Waals surface area contributed by atoms with E-state index in [9.17, 15) is 4.79 Å². The van der Waals surface area contributed by atoms with Crippen LogP contribution in [0.15, 0.2) is 0 Å². The fraction of sp³-hybridized carbons (Fsp3) is 0.923. The third-order valence-corrected chi connectivity index (χ3v) is 3.69. The summed E-state index contributed by atoms with van der Waals surface area (Å²) < 4.78 is 11.3. The average Bonchev–Trinajstić information content (AvgIpc) is 2.79. The molecule has 17 heavy (non-hydrogen) atoms. The van der Waals surface area contributed by atoms with Gasteiger partial charge >= 0.3 is 0 Å². The highest BCUT2D eigenvalue weighted by molar-refractivity contribution is 5.76. The highest BCUT2D eigenvalue weighted by Crippen LogP contribution is 2.31. The van der Waals surface area contributed by atoms with Gasteiger partial charge in [-0.25, -0.2) is 0 Å². The van der Waals surface area contributed by atoms with Crippen LogP contribution in [0.1, 0.15) is 45.4 Å². The zero-order chi connectivity index (χ0) is 12.1. The molecular formula is C13H23NO3. The number of likely N-dealkylation sites (tertiary alicyclic amines) is 1. The van der Waals surface area contributed by atoms with E-state index in [-0.39, 0.29) is 5.79 Å². The number of hydrogen-bond donors (Lipinski definition) is 0. The first-order valence-electron chi connectivity index (χ1n) is 6.81. The summed E-state index contributed by atoms with van der Waals surface area (Å²) in [5, 5.41) is 0. The number of rotatable bonds is 4. The summed E-state index contributed by atoms with van der Waals surface area (Å²) in [4.78, 5) is 13.9. The lowest BCUT2D eigenvalue weighted by Crippen LogP contribution is -2.47. The molecule has 2 aliphatic rings. The van der Waals surface area contributed by atoms with Gasteiger partial charge < -0.3 is 14.4 Å². The molecule has 4 heteroatoms. The van der Waals surface area contributed by atoms with Gasteiger partial charge in [-0.1, -0.05) is 19.8 Å². The number of hydrogen-bond acceptors (Lipinski definition) is 3. The Labute approximate surface area is 103 Å². The first-order chi connectivity index (χ1) is 8.26. The molecule has 0 aromatic carbocycles. The van der Waals surface area contributed by atoms with Gasteiger partial charge in [0.05, 0.1) is 13.2 Å². The lowest BCUT2D eigenvalue weighted by Gasteiger charge is -2.37. The molecule has 0 saturated carbocycles. The predicted octanol–water partition coefficient (Wildman–Crippen LogP) is 1.93. The molecule has 0 aliphatic carbocycles. The summed E-state index contributed by atoms with van der Waals surface area (Å²) in [5.74, 6) is -0.0634. The third-order valence-electron chi connectivity index (χ3n) is 3.69. The molecule has 0 bridgehead atoms. The van der Waals surface area contributed by atoms with Crippen LogP contribution >= 0.6 is 0 Å². The van der Waals surface area contributed by atoms with Crippen LogP contribution in [0.25, 0.3) is 0 Å². The number of nitrogens with zero attached hydrogens (tertiary/aromatic N) is 1. The maximum absolute atomic E-state index is 11.9. The van der Waals surface area contributed by atoms with Crippen LogP contribution in [0.3, 0.4) is 0 Å². The van der Waals surface area contributed by atoms with Crippen molar-refractivity contribution in [3.05, 3.63) is 0 Å². The molecule has 98 valence electrons. The summed E-state index contributed by atoms with van der Waals surface area (Å²) in [6.07, 6.45) is 5.68. The Morgan fingerprint density at radius 3 is 2.41 bits per heavy atom. The first-order valence-corrected chi connectivity index (χ1v) is 6.81. The van der Waals surface area contributed by atoms with Crippen molar-refractivity contribution in [2.45, 2.75) is 51.2 Å². The molecule has 4 nitrogen and oxygen atoms in total. The van der Waals surface area contributed by atoms with Gasteiger partial charge in [-0.3, -0.25) is 4.79 Å². The van der Waals surface area contributed by atoms with E-state index in [0.717, 1.165) is 45.2 Å². The van der Waals surface area contributed by atoms with E-state index in [1.807, 2.05) is 4.90 Å². The molecule has 0 aromatic heterocycles. The van der Waals surface area contributed by atoms with E-state index < -0.39 is 0 Å². The highest BCUT2D eigenvalue weighted by atomic mass is 16.7. The van der Waals surface area contributed by atoms with E-state index in [2.05, 4.69) is 6.92 Å². The number of ether oxygens (including phenoxy) is 2. The van der Waals surface area contributed by atoms with Crippen molar-refractivity contribution in [3.8, 4) is 0 Å². The van der Waals surface area contributed by atoms with Gasteiger partial charge in [-0.2, -0.15) is 0 Å². The minimum atomic E-state index is -0.361. The number of amides is 1. The summed E-state index contributed by atoms with van der Waals surface area (Å²) in [6, 6.07) is 0. The minimum Gasteiger partial charge on any atom is -0.347 e. The van der Waals surface area contributed by atoms with Crippen LogP contribution in [0.4, 0.5) is 0 Å². The second-order valence-corrected chi connectivity index (χ2v) is 4.95. The molecule has 2 rings (SSSR count). The zero-order valence-corrected chi connectivity index (χ0v) is 10.7. The number of unbranched alkanes of at least 4 members (excludes halogenated alkanes) is 2. The lowest BCUT2D eigenvalue weighted by atomic mass is 10.0. The van der Waals surface area contributed by atoms with Crippen LogP contribution < -0.4 is 0 Å². The van der Waals surface area contributed by atoms with E-state index in [0.29, 0.717) is 25.5 Å². The molecule has 1 amide bonds. The molecule has 2 saturated heterocycles. The van der Waals surface area contributed by atoms with E-state index in [1.54, 1.807) is 0 Å². The topological polar surface area (TPSA) is 38.8 Å². The van der Waals surface area contributed by atoms with Crippen molar-refractivity contribution in [2.75, 3.05) is 26.3 Å². The van der Waals surface area contributed by atoms with Gasteiger partial charge in [0.1, 0.15) is 0 Å². The summed E-state index contributed by atoms with van der Waals surface area (Å²) in [7, 11) is 0. The molecule has 1 spiro atoms. The summed E-state index contributed by atoms with van der Waals surface area (Å²) in [6.45, 7) is 5.12. The number of carbonyl (C=O) groups excluding carboxylic acids is 1. The maximum Gasteiger partial charge on any atom is 0.222 e. The van der Waals surface area contributed by atoms with Gasteiger partial charge in [0.2, 0.25) is 5.91 Å². The van der Waals surface area contributed by atoms with Crippen molar-refractivity contribution in [1.29, 1.82) is 0 Å². The van der Waals surface area contributed by atoms with Crippen molar-refractivity contribution in [3.63, 3.8) is 0 Å². The molecule has 0 N–H and O–H groups in total. The predicted molar refractivity (Wildman–Crippen MR) is 64.6 cm³/mol. The van der Waals surface area contributed by atoms with Crippen LogP contribution in [-0.4, -0.2) is 42.9 Å². The van der Waals surface area contributed by atoms with Crippen LogP contribution in [0.5, 0.6) is 0 Å². The fourth-order valence-corrected chi connectivity index (χ4v) is 2.57. The van der Waals surface area contributed by atoms with Gasteiger partial charge in [-0.15, -0.1) is 0 Å². The second-order valence-electron chi connectivity index (χ2n) is 4.95. The van der Waals surface area contributed by atoms with E-state index in [4.69, 9.17) is 9.47 Å².